The van der Waals surface area contributed by atoms with E-state index in [0.717, 1.165) is 19.4 Å². The summed E-state index contributed by atoms with van der Waals surface area (Å²) < 4.78 is 5.30. The summed E-state index contributed by atoms with van der Waals surface area (Å²) >= 11 is 0. The second-order valence-electron chi connectivity index (χ2n) is 3.21. The van der Waals surface area contributed by atoms with Gasteiger partial charge in [0.05, 0.1) is 18.4 Å². The fourth-order valence-corrected chi connectivity index (χ4v) is 1.06. The molecule has 0 aliphatic heterocycles. The molecule has 2 N–H and O–H groups in total. The van der Waals surface area contributed by atoms with Crippen molar-refractivity contribution in [1.29, 1.82) is 0 Å². The van der Waals surface area contributed by atoms with Crippen LogP contribution in [0.4, 0.5) is 0 Å². The van der Waals surface area contributed by atoms with E-state index in [1.807, 2.05) is 0 Å². The number of carbonyl (C=O) groups is 1. The molecule has 0 fully saturated rings. The van der Waals surface area contributed by atoms with Gasteiger partial charge in [0.2, 0.25) is 0 Å². The van der Waals surface area contributed by atoms with Crippen LogP contribution in [0.2, 0.25) is 0 Å². The molecule has 1 aromatic heterocycles. The van der Waals surface area contributed by atoms with Gasteiger partial charge in [0.15, 0.2) is 0 Å². The first kappa shape index (κ1) is 11.7. The van der Waals surface area contributed by atoms with Crippen molar-refractivity contribution < 1.29 is 9.53 Å². The molecule has 0 saturated carbocycles. The predicted molar refractivity (Wildman–Crippen MR) is 56.6 cm³/mol. The molecule has 0 atom stereocenters. The first-order valence-corrected chi connectivity index (χ1v) is 5.19. The van der Waals surface area contributed by atoms with Crippen LogP contribution in [-0.2, 0) is 4.74 Å². The molecule has 0 spiro atoms. The topological polar surface area (TPSA) is 67.0 Å². The molecule has 0 aliphatic carbocycles. The van der Waals surface area contributed by atoms with Crippen LogP contribution < -0.4 is 5.32 Å². The highest BCUT2D eigenvalue weighted by atomic mass is 16.5. The maximum Gasteiger partial charge on any atom is 0.254 e. The third-order valence-electron chi connectivity index (χ3n) is 1.93. The molecule has 1 heterocycles. The van der Waals surface area contributed by atoms with Crippen molar-refractivity contribution in [3.8, 4) is 0 Å². The van der Waals surface area contributed by atoms with Crippen molar-refractivity contribution >= 4 is 5.91 Å². The lowest BCUT2D eigenvalue weighted by Gasteiger charge is -2.04. The molecule has 5 nitrogen and oxygen atoms in total. The van der Waals surface area contributed by atoms with E-state index in [4.69, 9.17) is 4.74 Å². The number of H-pyrrole nitrogens is 1. The van der Waals surface area contributed by atoms with E-state index in [1.165, 1.54) is 6.20 Å². The minimum atomic E-state index is -0.122. The van der Waals surface area contributed by atoms with E-state index in [-0.39, 0.29) is 5.91 Å². The molecular formula is C10H17N3O2. The van der Waals surface area contributed by atoms with Gasteiger partial charge in [0.25, 0.3) is 5.91 Å². The fourth-order valence-electron chi connectivity index (χ4n) is 1.06. The Labute approximate surface area is 89.2 Å². The van der Waals surface area contributed by atoms with Gasteiger partial charge >= 0.3 is 0 Å². The molecule has 0 saturated heterocycles. The van der Waals surface area contributed by atoms with Gasteiger partial charge in [-0.25, -0.2) is 0 Å². The minimum Gasteiger partial charge on any atom is -0.380 e. The van der Waals surface area contributed by atoms with E-state index in [9.17, 15) is 4.79 Å². The SMILES string of the molecule is CCCCOCCNC(=O)c1cn[nH]c1. The molecule has 0 radical (unpaired) electrons. The lowest BCUT2D eigenvalue weighted by Crippen LogP contribution is -2.27. The molecule has 0 aliphatic rings. The predicted octanol–water partition coefficient (Wildman–Crippen LogP) is 0.956. The highest BCUT2D eigenvalue weighted by Gasteiger charge is 2.04. The molecule has 15 heavy (non-hydrogen) atoms. The molecule has 0 bridgehead atoms. The summed E-state index contributed by atoms with van der Waals surface area (Å²) in [5, 5.41) is 9.02. The number of aromatic nitrogens is 2. The molecular weight excluding hydrogens is 194 g/mol. The molecule has 0 aromatic carbocycles. The fraction of sp³-hybridized carbons (Fsp3) is 0.600. The van der Waals surface area contributed by atoms with Crippen molar-refractivity contribution in [2.75, 3.05) is 19.8 Å². The van der Waals surface area contributed by atoms with Gasteiger partial charge in [-0.3, -0.25) is 9.89 Å². The molecule has 84 valence electrons. The van der Waals surface area contributed by atoms with Crippen LogP contribution in [0.15, 0.2) is 12.4 Å². The quantitative estimate of drug-likeness (QED) is 0.660. The van der Waals surface area contributed by atoms with E-state index < -0.39 is 0 Å². The number of nitrogens with zero attached hydrogens (tertiary/aromatic N) is 1. The summed E-state index contributed by atoms with van der Waals surface area (Å²) in [7, 11) is 0. The van der Waals surface area contributed by atoms with Gasteiger partial charge in [0.1, 0.15) is 0 Å². The maximum atomic E-state index is 11.4. The lowest BCUT2D eigenvalue weighted by atomic mass is 10.3. The Morgan fingerprint density at radius 2 is 2.47 bits per heavy atom. The van der Waals surface area contributed by atoms with Crippen molar-refractivity contribution in [3.05, 3.63) is 18.0 Å². The Bertz CT molecular complexity index is 272. The first-order valence-electron chi connectivity index (χ1n) is 5.19. The number of hydrogen-bond donors (Lipinski definition) is 2. The minimum absolute atomic E-state index is 0.122. The van der Waals surface area contributed by atoms with Crippen LogP contribution in [0.5, 0.6) is 0 Å². The molecule has 1 rings (SSSR count). The second-order valence-corrected chi connectivity index (χ2v) is 3.21. The van der Waals surface area contributed by atoms with Gasteiger partial charge in [0, 0.05) is 19.3 Å². The van der Waals surface area contributed by atoms with Gasteiger partial charge in [-0.1, -0.05) is 13.3 Å². The number of carbonyl (C=O) groups excluding carboxylic acids is 1. The van der Waals surface area contributed by atoms with Crippen LogP contribution in [0, 0.1) is 0 Å². The van der Waals surface area contributed by atoms with Crippen LogP contribution >= 0.6 is 0 Å². The number of hydrogen-bond acceptors (Lipinski definition) is 3. The van der Waals surface area contributed by atoms with E-state index in [1.54, 1.807) is 6.20 Å². The van der Waals surface area contributed by atoms with Crippen molar-refractivity contribution in [3.63, 3.8) is 0 Å². The van der Waals surface area contributed by atoms with Crippen LogP contribution in [0.25, 0.3) is 0 Å². The van der Waals surface area contributed by atoms with Crippen LogP contribution in [-0.4, -0.2) is 35.9 Å². The van der Waals surface area contributed by atoms with Crippen LogP contribution in [0.1, 0.15) is 30.1 Å². The van der Waals surface area contributed by atoms with Crippen molar-refractivity contribution in [2.45, 2.75) is 19.8 Å². The molecule has 1 amide bonds. The van der Waals surface area contributed by atoms with Gasteiger partial charge in [-0.05, 0) is 6.42 Å². The standard InChI is InChI=1S/C10H17N3O2/c1-2-3-5-15-6-4-11-10(14)9-7-12-13-8-9/h7-8H,2-6H2,1H3,(H,11,14)(H,12,13). The van der Waals surface area contributed by atoms with E-state index in [0.29, 0.717) is 18.7 Å². The number of nitrogens with one attached hydrogen (secondary N) is 2. The largest absolute Gasteiger partial charge is 0.380 e. The van der Waals surface area contributed by atoms with E-state index >= 15 is 0 Å². The molecule has 1 aromatic rings. The third kappa shape index (κ3) is 4.60. The Hall–Kier alpha value is -1.36. The smallest absolute Gasteiger partial charge is 0.254 e. The van der Waals surface area contributed by atoms with Gasteiger partial charge < -0.3 is 10.1 Å². The summed E-state index contributed by atoms with van der Waals surface area (Å²) in [5.41, 5.74) is 0.545. The number of amides is 1. The lowest BCUT2D eigenvalue weighted by molar-refractivity contribution is 0.0913. The summed E-state index contributed by atoms with van der Waals surface area (Å²) in [6.07, 6.45) is 5.25. The van der Waals surface area contributed by atoms with Crippen molar-refractivity contribution in [1.82, 2.24) is 15.5 Å². The third-order valence-corrected chi connectivity index (χ3v) is 1.93. The Balaban J connectivity index is 2.03. The normalized spacial score (nSPS) is 10.2. The number of aromatic amines is 1. The number of rotatable bonds is 7. The monoisotopic (exact) mass is 211 g/mol. The molecule has 0 unspecified atom stereocenters. The highest BCUT2D eigenvalue weighted by molar-refractivity contribution is 5.93. The average molecular weight is 211 g/mol. The number of unbranched alkanes of at least 4 members (excludes halogenated alkanes) is 1. The van der Waals surface area contributed by atoms with Crippen molar-refractivity contribution in [2.24, 2.45) is 0 Å². The van der Waals surface area contributed by atoms with Gasteiger partial charge in [-0.15, -0.1) is 0 Å². The maximum absolute atomic E-state index is 11.4. The van der Waals surface area contributed by atoms with Gasteiger partial charge in [-0.2, -0.15) is 5.10 Å². The summed E-state index contributed by atoms with van der Waals surface area (Å²) in [6.45, 7) is 3.97. The summed E-state index contributed by atoms with van der Waals surface area (Å²) in [5.74, 6) is -0.122. The highest BCUT2D eigenvalue weighted by Crippen LogP contribution is 1.92. The van der Waals surface area contributed by atoms with E-state index in [2.05, 4.69) is 22.4 Å². The zero-order chi connectivity index (χ0) is 10.9. The summed E-state index contributed by atoms with van der Waals surface area (Å²) in [4.78, 5) is 11.4. The number of ether oxygens (including phenoxy) is 1. The zero-order valence-corrected chi connectivity index (χ0v) is 8.95. The van der Waals surface area contributed by atoms with Crippen LogP contribution in [0.3, 0.4) is 0 Å². The second kappa shape index (κ2) is 7.00. The molecule has 5 heteroatoms. The average Bonchev–Trinajstić information content (AvgIpc) is 2.76. The summed E-state index contributed by atoms with van der Waals surface area (Å²) in [6, 6.07) is 0. The Morgan fingerprint density at radius 3 is 3.13 bits per heavy atom. The zero-order valence-electron chi connectivity index (χ0n) is 8.95. The Kier molecular flexibility index (Phi) is 5.47. The first-order chi connectivity index (χ1) is 7.34. The Morgan fingerprint density at radius 1 is 1.60 bits per heavy atom.